The van der Waals surface area contributed by atoms with E-state index in [1.165, 1.54) is 17.3 Å². The van der Waals surface area contributed by atoms with E-state index in [0.29, 0.717) is 23.0 Å². The van der Waals surface area contributed by atoms with Crippen molar-refractivity contribution < 1.29 is 27.4 Å². The van der Waals surface area contributed by atoms with Gasteiger partial charge in [0.2, 0.25) is 11.7 Å². The molecule has 1 unspecified atom stereocenters. The largest absolute Gasteiger partial charge is 0.476 e. The molecule has 0 aliphatic rings. The third-order valence-electron chi connectivity index (χ3n) is 4.33. The lowest BCUT2D eigenvalue weighted by atomic mass is 9.88. The third kappa shape index (κ3) is 5.68. The van der Waals surface area contributed by atoms with Crippen LogP contribution in [0, 0.1) is 5.41 Å². The molecule has 3 rings (SSSR count). The van der Waals surface area contributed by atoms with Crippen LogP contribution in [0.5, 0.6) is 11.6 Å². The Balaban J connectivity index is 1.77. The van der Waals surface area contributed by atoms with Crippen molar-refractivity contribution in [3.8, 4) is 11.6 Å². The summed E-state index contributed by atoms with van der Waals surface area (Å²) >= 11 is 11.8. The molecular formula is C20H17Cl2F3N4O3. The molecule has 1 aromatic carbocycles. The fraction of sp³-hybridized carbons (Fsp3) is 0.300. The molecule has 7 nitrogen and oxygen atoms in total. The van der Waals surface area contributed by atoms with Gasteiger partial charge in [0.1, 0.15) is 30.0 Å². The number of Topliss-reactive ketones (excluding diaryl/α,β-unsaturated/α-hetero) is 1. The first-order chi connectivity index (χ1) is 15.0. The van der Waals surface area contributed by atoms with E-state index in [9.17, 15) is 18.0 Å². The Kier molecular flexibility index (Phi) is 6.94. The summed E-state index contributed by atoms with van der Waals surface area (Å²) in [5, 5.41) is 4.15. The third-order valence-corrected chi connectivity index (χ3v) is 4.86. The lowest BCUT2D eigenvalue weighted by Gasteiger charge is -2.28. The van der Waals surface area contributed by atoms with Crippen LogP contribution in [0.4, 0.5) is 13.2 Å². The maximum absolute atomic E-state index is 13.3. The number of nitrogens with zero attached hydrogens (tertiary/aromatic N) is 4. The minimum Gasteiger partial charge on any atom is -0.476 e. The van der Waals surface area contributed by atoms with E-state index < -0.39 is 29.2 Å². The second-order valence-electron chi connectivity index (χ2n) is 7.35. The Morgan fingerprint density at radius 2 is 1.88 bits per heavy atom. The number of ether oxygens (including phenoxy) is 2. The Morgan fingerprint density at radius 3 is 2.44 bits per heavy atom. The van der Waals surface area contributed by atoms with E-state index in [1.54, 1.807) is 38.1 Å². The van der Waals surface area contributed by atoms with Crippen LogP contribution < -0.4 is 9.47 Å². The van der Waals surface area contributed by atoms with Crippen LogP contribution in [0.25, 0.3) is 0 Å². The molecule has 3 aromatic rings. The number of halogens is 5. The highest BCUT2D eigenvalue weighted by Crippen LogP contribution is 2.34. The van der Waals surface area contributed by atoms with Crippen LogP contribution >= 0.6 is 23.2 Å². The maximum atomic E-state index is 13.3. The number of carbonyl (C=O) groups excluding carboxylic acids is 1. The second-order valence-corrected chi connectivity index (χ2v) is 8.19. The molecule has 0 saturated carbocycles. The number of pyridine rings is 1. The molecule has 0 fully saturated rings. The highest BCUT2D eigenvalue weighted by Gasteiger charge is 2.38. The predicted molar refractivity (Wildman–Crippen MR) is 110 cm³/mol. The molecule has 0 aliphatic heterocycles. The van der Waals surface area contributed by atoms with Crippen LogP contribution in [-0.4, -0.2) is 32.1 Å². The molecule has 0 amide bonds. The first-order valence-electron chi connectivity index (χ1n) is 9.13. The maximum Gasteiger partial charge on any atom is 0.417 e. The van der Waals surface area contributed by atoms with Crippen molar-refractivity contribution in [2.45, 2.75) is 26.3 Å². The summed E-state index contributed by atoms with van der Waals surface area (Å²) in [4.78, 5) is 20.8. The van der Waals surface area contributed by atoms with Gasteiger partial charge in [0.05, 0.1) is 11.0 Å². The van der Waals surface area contributed by atoms with E-state index in [4.69, 9.17) is 32.7 Å². The van der Waals surface area contributed by atoms with E-state index in [2.05, 4.69) is 15.1 Å². The van der Waals surface area contributed by atoms with Crippen LogP contribution in [0.15, 0.2) is 49.2 Å². The monoisotopic (exact) mass is 488 g/mol. The Bertz CT molecular complexity index is 1070. The number of ketones is 1. The zero-order chi connectivity index (χ0) is 23.5. The van der Waals surface area contributed by atoms with Gasteiger partial charge < -0.3 is 9.47 Å². The average molecular weight is 489 g/mol. The standard InChI is InChI=1S/C20H17Cl2F3N4O3/c1-19(2,9-31-17-15(22)7-12(8-27-17)20(23,24)25)16(30)18(29-11-26-10-28-29)32-14-5-3-13(21)4-6-14/h3-8,10-11,18H,9H2,1-2H3. The fourth-order valence-corrected chi connectivity index (χ4v) is 2.90. The van der Waals surface area contributed by atoms with Gasteiger partial charge in [-0.25, -0.2) is 14.6 Å². The molecule has 32 heavy (non-hydrogen) atoms. The summed E-state index contributed by atoms with van der Waals surface area (Å²) in [5.41, 5.74) is -2.18. The summed E-state index contributed by atoms with van der Waals surface area (Å²) in [6, 6.07) is 7.10. The van der Waals surface area contributed by atoms with Gasteiger partial charge in [-0.1, -0.05) is 23.2 Å². The second kappa shape index (κ2) is 9.33. The lowest BCUT2D eigenvalue weighted by Crippen LogP contribution is -2.40. The summed E-state index contributed by atoms with van der Waals surface area (Å²) in [6.45, 7) is 2.93. The summed E-state index contributed by atoms with van der Waals surface area (Å²) in [6.07, 6.45) is -2.59. The number of carbonyl (C=O) groups is 1. The van der Waals surface area contributed by atoms with Gasteiger partial charge in [0.25, 0.3) is 6.23 Å². The zero-order valence-corrected chi connectivity index (χ0v) is 18.3. The topological polar surface area (TPSA) is 79.1 Å². The number of hydrogen-bond donors (Lipinski definition) is 0. The predicted octanol–water partition coefficient (Wildman–Crippen LogP) is 5.25. The lowest BCUT2D eigenvalue weighted by molar-refractivity contribution is -0.140. The van der Waals surface area contributed by atoms with Gasteiger partial charge in [0.15, 0.2) is 0 Å². The van der Waals surface area contributed by atoms with Crippen molar-refractivity contribution in [2.24, 2.45) is 5.41 Å². The minimum absolute atomic E-state index is 0.225. The molecule has 2 aromatic heterocycles. The van der Waals surface area contributed by atoms with E-state index in [1.807, 2.05) is 0 Å². The molecule has 0 N–H and O–H groups in total. The summed E-state index contributed by atoms with van der Waals surface area (Å²) in [7, 11) is 0. The number of alkyl halides is 3. The molecule has 1 atom stereocenters. The van der Waals surface area contributed by atoms with Crippen LogP contribution in [0.1, 0.15) is 25.6 Å². The highest BCUT2D eigenvalue weighted by molar-refractivity contribution is 6.31. The summed E-state index contributed by atoms with van der Waals surface area (Å²) in [5.74, 6) is -0.287. The first-order valence-corrected chi connectivity index (χ1v) is 9.89. The smallest absolute Gasteiger partial charge is 0.417 e. The Hall–Kier alpha value is -2.85. The van der Waals surface area contributed by atoms with Crippen LogP contribution in [0.3, 0.4) is 0 Å². The normalized spacial score (nSPS) is 13.0. The van der Waals surface area contributed by atoms with Crippen LogP contribution in [0.2, 0.25) is 10.0 Å². The van der Waals surface area contributed by atoms with Gasteiger partial charge in [-0.2, -0.15) is 18.3 Å². The number of hydrogen-bond acceptors (Lipinski definition) is 6. The van der Waals surface area contributed by atoms with Crippen LogP contribution in [-0.2, 0) is 11.0 Å². The first kappa shape index (κ1) is 23.8. The molecule has 2 heterocycles. The Labute approximate surface area is 191 Å². The van der Waals surface area contributed by atoms with Gasteiger partial charge in [-0.3, -0.25) is 4.79 Å². The molecule has 0 saturated heterocycles. The SMILES string of the molecule is CC(C)(COc1ncc(C(F)(F)F)cc1Cl)C(=O)C(Oc1ccc(Cl)cc1)n1cncn1. The zero-order valence-electron chi connectivity index (χ0n) is 16.8. The Morgan fingerprint density at radius 1 is 1.19 bits per heavy atom. The van der Waals surface area contributed by atoms with Gasteiger partial charge in [-0.15, -0.1) is 0 Å². The molecule has 12 heteroatoms. The molecule has 170 valence electrons. The van der Waals surface area contributed by atoms with E-state index in [-0.39, 0.29) is 17.5 Å². The quantitative estimate of drug-likeness (QED) is 0.430. The average Bonchev–Trinajstić information content (AvgIpc) is 3.26. The molecule has 0 radical (unpaired) electrons. The van der Waals surface area contributed by atoms with Crippen molar-refractivity contribution in [1.82, 2.24) is 19.7 Å². The van der Waals surface area contributed by atoms with Crippen molar-refractivity contribution in [3.05, 3.63) is 64.8 Å². The molecule has 0 bridgehead atoms. The van der Waals surface area contributed by atoms with E-state index >= 15 is 0 Å². The van der Waals surface area contributed by atoms with Crippen molar-refractivity contribution in [2.75, 3.05) is 6.61 Å². The van der Waals surface area contributed by atoms with Crippen molar-refractivity contribution >= 4 is 29.0 Å². The van der Waals surface area contributed by atoms with Gasteiger partial charge in [0, 0.05) is 11.2 Å². The molecule has 0 spiro atoms. The fourth-order valence-electron chi connectivity index (χ4n) is 2.55. The minimum atomic E-state index is -4.59. The van der Waals surface area contributed by atoms with Crippen molar-refractivity contribution in [3.63, 3.8) is 0 Å². The summed E-state index contributed by atoms with van der Waals surface area (Å²) < 4.78 is 50.9. The number of aromatic nitrogens is 4. The van der Waals surface area contributed by atoms with E-state index in [0.717, 1.165) is 0 Å². The highest BCUT2D eigenvalue weighted by atomic mass is 35.5. The van der Waals surface area contributed by atoms with Crippen molar-refractivity contribution in [1.29, 1.82) is 0 Å². The molecule has 0 aliphatic carbocycles. The number of benzene rings is 1. The number of rotatable bonds is 8. The molecular weight excluding hydrogens is 472 g/mol. The van der Waals surface area contributed by atoms with Gasteiger partial charge >= 0.3 is 6.18 Å². The van der Waals surface area contributed by atoms with Gasteiger partial charge in [-0.05, 0) is 44.2 Å².